The van der Waals surface area contributed by atoms with Crippen LogP contribution in [0.15, 0.2) is 30.3 Å². The molecule has 0 atom stereocenters. The first-order valence-corrected chi connectivity index (χ1v) is 4.51. The number of aldehydes is 1. The summed E-state index contributed by atoms with van der Waals surface area (Å²) in [6.07, 6.45) is 0.0556. The zero-order chi connectivity index (χ0) is 12.8. The fourth-order valence-electron chi connectivity index (χ4n) is 1.16. The lowest BCUT2D eigenvalue weighted by Gasteiger charge is -1.84. The van der Waals surface area contributed by atoms with E-state index in [9.17, 15) is 14.9 Å². The highest BCUT2D eigenvalue weighted by molar-refractivity contribution is 6.22. The van der Waals surface area contributed by atoms with Crippen molar-refractivity contribution in [2.75, 3.05) is 0 Å². The largest absolute Gasteiger partial charge is 0.363 e. The standard InChI is InChI=1S/C8H6N2O2.C2H3NO2/c11-10(12)8-5-6-3-1-2-4-7(6)9-8;3-2(5)1-4/h1-5,9H;1H,(H2,3,5). The number of nitro groups is 1. The molecule has 0 aliphatic rings. The number of hydrogen-bond acceptors (Lipinski definition) is 4. The molecule has 0 aliphatic carbocycles. The van der Waals surface area contributed by atoms with Crippen molar-refractivity contribution in [3.8, 4) is 0 Å². The van der Waals surface area contributed by atoms with Crippen LogP contribution in [0.3, 0.4) is 0 Å². The molecule has 17 heavy (non-hydrogen) atoms. The van der Waals surface area contributed by atoms with Crippen LogP contribution in [0.1, 0.15) is 0 Å². The van der Waals surface area contributed by atoms with Crippen molar-refractivity contribution in [2.45, 2.75) is 0 Å². The summed E-state index contributed by atoms with van der Waals surface area (Å²) in [7, 11) is 0. The SMILES string of the molecule is NC(=O)C=O.O=[N+]([O-])c1cc2ccccc2[nH]1. The number of rotatable bonds is 2. The summed E-state index contributed by atoms with van der Waals surface area (Å²) in [5.74, 6) is -0.888. The summed E-state index contributed by atoms with van der Waals surface area (Å²) >= 11 is 0. The smallest absolute Gasteiger partial charge is 0.321 e. The van der Waals surface area contributed by atoms with Gasteiger partial charge in [-0.25, -0.2) is 4.98 Å². The molecule has 1 amide bonds. The van der Waals surface area contributed by atoms with Gasteiger partial charge in [0, 0.05) is 11.5 Å². The van der Waals surface area contributed by atoms with E-state index in [0.717, 1.165) is 10.9 Å². The van der Waals surface area contributed by atoms with Gasteiger partial charge in [0.05, 0.1) is 0 Å². The van der Waals surface area contributed by atoms with Crippen LogP contribution in [0.2, 0.25) is 0 Å². The van der Waals surface area contributed by atoms with Crippen molar-refractivity contribution in [3.63, 3.8) is 0 Å². The van der Waals surface area contributed by atoms with Gasteiger partial charge in [-0.05, 0) is 11.0 Å². The molecule has 0 bridgehead atoms. The minimum atomic E-state index is -0.926. The number of fused-ring (bicyclic) bond motifs is 1. The lowest BCUT2D eigenvalue weighted by Crippen LogP contribution is -2.10. The fraction of sp³-hybridized carbons (Fsp3) is 0. The van der Waals surface area contributed by atoms with Crippen LogP contribution in [0, 0.1) is 10.1 Å². The van der Waals surface area contributed by atoms with Gasteiger partial charge in [-0.1, -0.05) is 18.2 Å². The predicted molar refractivity (Wildman–Crippen MR) is 60.2 cm³/mol. The first-order valence-electron chi connectivity index (χ1n) is 4.51. The molecule has 1 aromatic carbocycles. The average molecular weight is 235 g/mol. The van der Waals surface area contributed by atoms with E-state index < -0.39 is 10.8 Å². The molecule has 0 spiro atoms. The molecule has 0 saturated heterocycles. The quantitative estimate of drug-likeness (QED) is 0.345. The second-order valence-electron chi connectivity index (χ2n) is 3.02. The topological polar surface area (TPSA) is 119 Å². The van der Waals surface area contributed by atoms with Crippen LogP contribution in [0.25, 0.3) is 10.9 Å². The van der Waals surface area contributed by atoms with Gasteiger partial charge in [0.1, 0.15) is 5.52 Å². The van der Waals surface area contributed by atoms with E-state index in [1.165, 1.54) is 6.07 Å². The van der Waals surface area contributed by atoms with Crippen molar-refractivity contribution in [1.82, 2.24) is 4.98 Å². The highest BCUT2D eigenvalue weighted by Gasteiger charge is 2.07. The summed E-state index contributed by atoms with van der Waals surface area (Å²) < 4.78 is 0. The molecule has 0 fully saturated rings. The summed E-state index contributed by atoms with van der Waals surface area (Å²) in [5.41, 5.74) is 5.08. The van der Waals surface area contributed by atoms with Crippen LogP contribution >= 0.6 is 0 Å². The maximum absolute atomic E-state index is 10.3. The minimum absolute atomic E-state index is 0.0381. The highest BCUT2D eigenvalue weighted by Crippen LogP contribution is 2.19. The second-order valence-corrected chi connectivity index (χ2v) is 3.02. The molecule has 1 aromatic heterocycles. The molecule has 0 aliphatic heterocycles. The molecule has 0 saturated carbocycles. The maximum Gasteiger partial charge on any atom is 0.321 e. The van der Waals surface area contributed by atoms with E-state index >= 15 is 0 Å². The Morgan fingerprint density at radius 2 is 2.00 bits per heavy atom. The maximum atomic E-state index is 10.3. The molecule has 2 aromatic rings. The van der Waals surface area contributed by atoms with Crippen LogP contribution in [0.4, 0.5) is 5.82 Å². The molecular formula is C10H9N3O4. The number of primary amides is 1. The molecule has 3 N–H and O–H groups in total. The van der Waals surface area contributed by atoms with Crippen molar-refractivity contribution >= 4 is 28.9 Å². The molecule has 2 rings (SSSR count). The highest BCUT2D eigenvalue weighted by atomic mass is 16.6. The van der Waals surface area contributed by atoms with Crippen molar-refractivity contribution in [2.24, 2.45) is 5.73 Å². The van der Waals surface area contributed by atoms with E-state index in [1.54, 1.807) is 0 Å². The van der Waals surface area contributed by atoms with Gasteiger partial charge in [0.25, 0.3) is 5.91 Å². The summed E-state index contributed by atoms with van der Waals surface area (Å²) in [5, 5.41) is 11.2. The zero-order valence-electron chi connectivity index (χ0n) is 8.62. The summed E-state index contributed by atoms with van der Waals surface area (Å²) in [6, 6.07) is 8.85. The van der Waals surface area contributed by atoms with Crippen molar-refractivity contribution < 1.29 is 14.5 Å². The number of nitrogens with zero attached hydrogens (tertiary/aromatic N) is 1. The van der Waals surface area contributed by atoms with Gasteiger partial charge in [0.15, 0.2) is 0 Å². The number of hydrogen-bond donors (Lipinski definition) is 2. The lowest BCUT2D eigenvalue weighted by atomic mass is 10.2. The second kappa shape index (κ2) is 5.40. The summed E-state index contributed by atoms with van der Waals surface area (Å²) in [4.78, 5) is 30.9. The normalized spacial score (nSPS) is 9.18. The number of benzene rings is 1. The molecule has 0 radical (unpaired) electrons. The number of carbonyl (C=O) groups is 2. The van der Waals surface area contributed by atoms with Gasteiger partial charge in [0.2, 0.25) is 6.29 Å². The zero-order valence-corrected chi connectivity index (χ0v) is 8.62. The Morgan fingerprint density at radius 3 is 2.47 bits per heavy atom. The molecular weight excluding hydrogens is 226 g/mol. The van der Waals surface area contributed by atoms with E-state index in [0.29, 0.717) is 0 Å². The Labute approximate surface area is 95.4 Å². The number of aromatic nitrogens is 1. The van der Waals surface area contributed by atoms with Crippen LogP contribution in [-0.4, -0.2) is 22.1 Å². The first-order chi connectivity index (χ1) is 8.04. The van der Waals surface area contributed by atoms with Crippen molar-refractivity contribution in [1.29, 1.82) is 0 Å². The lowest BCUT2D eigenvalue weighted by molar-refractivity contribution is -0.389. The van der Waals surface area contributed by atoms with Crippen LogP contribution in [-0.2, 0) is 9.59 Å². The molecule has 7 heteroatoms. The number of amides is 1. The van der Waals surface area contributed by atoms with E-state index in [1.807, 2.05) is 24.3 Å². The first kappa shape index (κ1) is 12.4. The third-order valence-electron chi connectivity index (χ3n) is 1.83. The van der Waals surface area contributed by atoms with E-state index in [4.69, 9.17) is 4.79 Å². The molecule has 7 nitrogen and oxygen atoms in total. The molecule has 0 unspecified atom stereocenters. The van der Waals surface area contributed by atoms with Gasteiger partial charge in [-0.3, -0.25) is 9.59 Å². The predicted octanol–water partition coefficient (Wildman–Crippen LogP) is 0.747. The fourth-order valence-corrected chi connectivity index (χ4v) is 1.16. The van der Waals surface area contributed by atoms with Crippen molar-refractivity contribution in [3.05, 3.63) is 40.4 Å². The Morgan fingerprint density at radius 1 is 1.41 bits per heavy atom. The Kier molecular flexibility index (Phi) is 3.93. The number of H-pyrrole nitrogens is 1. The Hall–Kier alpha value is -2.70. The van der Waals surface area contributed by atoms with E-state index in [-0.39, 0.29) is 12.1 Å². The number of nitrogens with one attached hydrogen (secondary N) is 1. The van der Waals surface area contributed by atoms with Gasteiger partial charge in [-0.2, -0.15) is 0 Å². The van der Waals surface area contributed by atoms with Crippen LogP contribution < -0.4 is 5.73 Å². The van der Waals surface area contributed by atoms with Gasteiger partial charge in [-0.15, -0.1) is 0 Å². The van der Waals surface area contributed by atoms with Crippen LogP contribution in [0.5, 0.6) is 0 Å². The van der Waals surface area contributed by atoms with E-state index in [2.05, 4.69) is 10.7 Å². The minimum Gasteiger partial charge on any atom is -0.363 e. The van der Waals surface area contributed by atoms with Gasteiger partial charge < -0.3 is 15.8 Å². The summed E-state index contributed by atoms with van der Waals surface area (Å²) in [6.45, 7) is 0. The average Bonchev–Trinajstić information content (AvgIpc) is 2.73. The molecule has 88 valence electrons. The number of aromatic amines is 1. The van der Waals surface area contributed by atoms with Gasteiger partial charge >= 0.3 is 5.82 Å². The molecule has 1 heterocycles. The Bertz CT molecular complexity index is 528. The monoisotopic (exact) mass is 235 g/mol. The Balaban J connectivity index is 0.000000249. The third kappa shape index (κ3) is 3.42. The number of para-hydroxylation sites is 1. The number of carbonyl (C=O) groups excluding carboxylic acids is 2. The third-order valence-corrected chi connectivity index (χ3v) is 1.83. The number of nitrogens with two attached hydrogens (primary N) is 1.